The molecule has 0 saturated carbocycles. The minimum Gasteiger partial charge on any atom is -0.450 e. The van der Waals surface area contributed by atoms with E-state index >= 15 is 0 Å². The monoisotopic (exact) mass is 448 g/mol. The van der Waals surface area contributed by atoms with Crippen LogP contribution in [-0.2, 0) is 18.6 Å². The predicted octanol–water partition coefficient (Wildman–Crippen LogP) is 5.14. The summed E-state index contributed by atoms with van der Waals surface area (Å²) in [5, 5.41) is 0. The fourth-order valence-electron chi connectivity index (χ4n) is 4.50. The average molecular weight is 449 g/mol. The van der Waals surface area contributed by atoms with Gasteiger partial charge in [-0.05, 0) is 39.7 Å². The van der Waals surface area contributed by atoms with Gasteiger partial charge in [-0.15, -0.1) is 0 Å². The fourth-order valence-corrected chi connectivity index (χ4v) is 7.11. The molecule has 0 spiro atoms. The topological polar surface area (TPSA) is 76.1 Å². The first kappa shape index (κ1) is 23.7. The molecule has 2 heterocycles. The normalized spacial score (nSPS) is 29.8. The Morgan fingerprint density at radius 1 is 1.32 bits per heavy atom. The van der Waals surface area contributed by atoms with Crippen molar-refractivity contribution >= 4 is 19.4 Å². The summed E-state index contributed by atoms with van der Waals surface area (Å²) in [7, 11) is -3.22. The quantitative estimate of drug-likeness (QED) is 0.561. The lowest BCUT2D eigenvalue weighted by Gasteiger charge is -2.33. The van der Waals surface area contributed by atoms with Crippen LogP contribution in [0.3, 0.4) is 0 Å². The van der Waals surface area contributed by atoms with Gasteiger partial charge >= 0.3 is 6.09 Å². The van der Waals surface area contributed by atoms with Gasteiger partial charge in [-0.25, -0.2) is 9.46 Å². The zero-order valence-corrected chi connectivity index (χ0v) is 19.7. The van der Waals surface area contributed by atoms with Crippen molar-refractivity contribution < 1.29 is 23.4 Å². The third-order valence-electron chi connectivity index (χ3n) is 5.84. The van der Waals surface area contributed by atoms with Crippen LogP contribution in [0.5, 0.6) is 0 Å². The molecule has 2 fully saturated rings. The van der Waals surface area contributed by atoms with Crippen molar-refractivity contribution in [2.75, 3.05) is 13.2 Å². The summed E-state index contributed by atoms with van der Waals surface area (Å²) in [6.45, 7) is 8.46. The first-order chi connectivity index (χ1) is 14.8. The van der Waals surface area contributed by atoms with Crippen molar-refractivity contribution in [1.82, 2.24) is 9.57 Å². The van der Waals surface area contributed by atoms with Crippen LogP contribution < -0.4 is 0 Å². The Kier molecular flexibility index (Phi) is 7.73. The van der Waals surface area contributed by atoms with Gasteiger partial charge in [0, 0.05) is 43.3 Å². The number of nitrogens with zero attached hydrogens (tertiary/aromatic N) is 2. The highest BCUT2D eigenvalue weighted by atomic mass is 31.2. The van der Waals surface area contributed by atoms with Crippen molar-refractivity contribution in [1.29, 1.82) is 0 Å². The molecule has 0 radical (unpaired) electrons. The number of piperidine rings is 1. The van der Waals surface area contributed by atoms with E-state index in [4.69, 9.17) is 9.26 Å². The van der Waals surface area contributed by atoms with Crippen LogP contribution in [0.15, 0.2) is 42.2 Å². The van der Waals surface area contributed by atoms with E-state index in [1.54, 1.807) is 23.7 Å². The molecule has 2 aliphatic heterocycles. The largest absolute Gasteiger partial charge is 0.450 e. The Bertz CT molecular complexity index is 857. The molecule has 4 atom stereocenters. The van der Waals surface area contributed by atoms with Crippen LogP contribution in [0.2, 0.25) is 0 Å². The minimum absolute atomic E-state index is 0.0338. The van der Waals surface area contributed by atoms with Gasteiger partial charge in [-0.1, -0.05) is 36.4 Å². The van der Waals surface area contributed by atoms with E-state index in [1.807, 2.05) is 55.8 Å². The number of amides is 1. The molecule has 2 aliphatic rings. The summed E-state index contributed by atoms with van der Waals surface area (Å²) in [5.41, 5.74) is 0.998. The molecule has 3 rings (SSSR count). The lowest BCUT2D eigenvalue weighted by molar-refractivity contribution is -0.122. The molecule has 2 unspecified atom stereocenters. The summed E-state index contributed by atoms with van der Waals surface area (Å²) in [6, 6.07) is 9.53. The van der Waals surface area contributed by atoms with Crippen molar-refractivity contribution in [2.24, 2.45) is 0 Å². The van der Waals surface area contributed by atoms with E-state index in [0.29, 0.717) is 19.4 Å². The van der Waals surface area contributed by atoms with Gasteiger partial charge in [-0.3, -0.25) is 9.36 Å². The second kappa shape index (κ2) is 10.1. The number of benzene rings is 1. The molecule has 31 heavy (non-hydrogen) atoms. The van der Waals surface area contributed by atoms with Crippen LogP contribution in [0.4, 0.5) is 4.79 Å². The van der Waals surface area contributed by atoms with Crippen molar-refractivity contribution in [3.8, 4) is 0 Å². The SMILES string of the molecule is CCOC(=O)N1CCC(=O)C[C@@H]1CC=CP1(=O)O[C@H](c2ccccc2)C(C)N1C(C)C. The number of ketones is 1. The second-order valence-electron chi connectivity index (χ2n) is 8.37. The number of likely N-dealkylation sites (tertiary alicyclic amines) is 1. The molecule has 170 valence electrons. The standard InChI is InChI=1S/C23H33N2O5P/c1-5-29-23(27)24-14-13-21(26)16-20(24)12-9-15-31(28)25(17(2)3)18(4)22(30-31)19-10-7-6-8-11-19/h6-11,15,17-18,20,22H,5,12-14,16H2,1-4H3/t18?,20-,22-,31?/m0/s1. The van der Waals surface area contributed by atoms with Crippen LogP contribution in [0.1, 0.15) is 58.6 Å². The Balaban J connectivity index is 1.77. The third kappa shape index (κ3) is 5.28. The number of hydrogen-bond acceptors (Lipinski definition) is 5. The Morgan fingerprint density at radius 2 is 2.03 bits per heavy atom. The Labute approximate surface area is 184 Å². The third-order valence-corrected chi connectivity index (χ3v) is 8.43. The maximum atomic E-state index is 13.8. The molecule has 8 heteroatoms. The van der Waals surface area contributed by atoms with E-state index in [1.165, 1.54) is 0 Å². The molecule has 1 aromatic carbocycles. The summed E-state index contributed by atoms with van der Waals surface area (Å²) in [6.07, 6.45) is 2.16. The Morgan fingerprint density at radius 3 is 2.68 bits per heavy atom. The lowest BCUT2D eigenvalue weighted by atomic mass is 9.99. The highest BCUT2D eigenvalue weighted by Gasteiger charge is 2.48. The molecule has 0 bridgehead atoms. The number of Topliss-reactive ketones (excluding diaryl/α,β-unsaturated/α-hetero) is 1. The van der Waals surface area contributed by atoms with Crippen molar-refractivity contribution in [3.63, 3.8) is 0 Å². The van der Waals surface area contributed by atoms with Crippen LogP contribution in [0.25, 0.3) is 0 Å². The van der Waals surface area contributed by atoms with Gasteiger partial charge in [0.25, 0.3) is 7.52 Å². The lowest BCUT2D eigenvalue weighted by Crippen LogP contribution is -2.46. The number of rotatable bonds is 6. The van der Waals surface area contributed by atoms with E-state index in [9.17, 15) is 14.2 Å². The average Bonchev–Trinajstić information content (AvgIpc) is 2.99. The maximum Gasteiger partial charge on any atom is 0.410 e. The number of hydrogen-bond donors (Lipinski definition) is 0. The first-order valence-electron chi connectivity index (χ1n) is 11.0. The summed E-state index contributed by atoms with van der Waals surface area (Å²) in [4.78, 5) is 25.8. The fraction of sp³-hybridized carbons (Fsp3) is 0.565. The zero-order valence-electron chi connectivity index (χ0n) is 18.8. The first-order valence-corrected chi connectivity index (χ1v) is 12.7. The number of ether oxygens (including phenoxy) is 1. The molecule has 1 amide bonds. The molecule has 1 aromatic rings. The predicted molar refractivity (Wildman–Crippen MR) is 120 cm³/mol. The summed E-state index contributed by atoms with van der Waals surface area (Å²) >= 11 is 0. The molecular weight excluding hydrogens is 415 g/mol. The van der Waals surface area contributed by atoms with Gasteiger partial charge in [-0.2, -0.15) is 0 Å². The van der Waals surface area contributed by atoms with E-state index < -0.39 is 13.6 Å². The van der Waals surface area contributed by atoms with Gasteiger partial charge < -0.3 is 14.2 Å². The van der Waals surface area contributed by atoms with Gasteiger partial charge in [0.05, 0.1) is 6.61 Å². The maximum absolute atomic E-state index is 13.8. The highest BCUT2D eigenvalue weighted by molar-refractivity contribution is 7.60. The van der Waals surface area contributed by atoms with Gasteiger partial charge in [0.15, 0.2) is 0 Å². The van der Waals surface area contributed by atoms with Gasteiger partial charge in [0.2, 0.25) is 0 Å². The van der Waals surface area contributed by atoms with Gasteiger partial charge in [0.1, 0.15) is 11.9 Å². The number of carbonyl (C=O) groups excluding carboxylic acids is 2. The zero-order chi connectivity index (χ0) is 22.6. The van der Waals surface area contributed by atoms with E-state index in [0.717, 1.165) is 5.56 Å². The minimum atomic E-state index is -3.22. The van der Waals surface area contributed by atoms with Crippen molar-refractivity contribution in [2.45, 2.75) is 71.2 Å². The summed E-state index contributed by atoms with van der Waals surface area (Å²) in [5.74, 6) is 1.78. The molecule has 0 aliphatic carbocycles. The molecule has 0 aromatic heterocycles. The van der Waals surface area contributed by atoms with Crippen LogP contribution in [-0.4, -0.2) is 52.7 Å². The van der Waals surface area contributed by atoms with E-state index in [-0.39, 0.29) is 43.0 Å². The Hall–Kier alpha value is -1.95. The highest BCUT2D eigenvalue weighted by Crippen LogP contribution is 2.64. The molecule has 2 saturated heterocycles. The molecular formula is C23H33N2O5P. The number of carbonyl (C=O) groups is 2. The van der Waals surface area contributed by atoms with Crippen LogP contribution in [0, 0.1) is 0 Å². The molecule has 7 nitrogen and oxygen atoms in total. The summed E-state index contributed by atoms with van der Waals surface area (Å²) < 4.78 is 27.1. The smallest absolute Gasteiger partial charge is 0.410 e. The molecule has 0 N–H and O–H groups in total. The van der Waals surface area contributed by atoms with Crippen LogP contribution >= 0.6 is 7.52 Å². The van der Waals surface area contributed by atoms with Crippen molar-refractivity contribution in [3.05, 3.63) is 47.8 Å². The second-order valence-corrected chi connectivity index (χ2v) is 10.5. The van der Waals surface area contributed by atoms with E-state index in [2.05, 4.69) is 0 Å².